The molecule has 0 atom stereocenters. The molecule has 0 aromatic heterocycles. The van der Waals surface area contributed by atoms with E-state index in [-0.39, 0.29) is 11.2 Å². The average molecular weight is 266 g/mol. The molecule has 0 radical (unpaired) electrons. The Balaban J connectivity index is 2.70. The lowest BCUT2D eigenvalue weighted by Crippen LogP contribution is -2.42. The topological polar surface area (TPSA) is 15.3 Å². The fraction of sp³-hybridized carbons (Fsp3) is 0.625. The highest BCUT2D eigenvalue weighted by Crippen LogP contribution is 2.22. The number of nitrogens with zero attached hydrogens (tertiary/aromatic N) is 1. The third-order valence-electron chi connectivity index (χ3n) is 3.16. The van der Waals surface area contributed by atoms with E-state index in [1.54, 1.807) is 12.1 Å². The maximum atomic E-state index is 13.3. The summed E-state index contributed by atoms with van der Waals surface area (Å²) >= 11 is 0. The smallest absolute Gasteiger partial charge is 0.125 e. The Morgan fingerprint density at radius 3 is 2.53 bits per heavy atom. The summed E-state index contributed by atoms with van der Waals surface area (Å²) in [4.78, 5) is 2.23. The Bertz CT molecular complexity index is 388. The van der Waals surface area contributed by atoms with Gasteiger partial charge in [-0.25, -0.2) is 4.39 Å². The Labute approximate surface area is 117 Å². The molecule has 0 spiro atoms. The van der Waals surface area contributed by atoms with Crippen molar-refractivity contribution in [1.29, 1.82) is 0 Å². The molecule has 1 rings (SSSR count). The number of hydrogen-bond acceptors (Lipinski definition) is 2. The third kappa shape index (κ3) is 5.60. The van der Waals surface area contributed by atoms with Crippen LogP contribution in [-0.4, -0.2) is 25.7 Å². The van der Waals surface area contributed by atoms with Gasteiger partial charge < -0.3 is 10.2 Å². The van der Waals surface area contributed by atoms with Crippen LogP contribution in [0.3, 0.4) is 0 Å². The van der Waals surface area contributed by atoms with E-state index in [1.165, 1.54) is 6.07 Å². The Kier molecular flexibility index (Phi) is 5.80. The van der Waals surface area contributed by atoms with Crippen LogP contribution in [0.4, 0.5) is 10.1 Å². The fourth-order valence-corrected chi connectivity index (χ4v) is 2.11. The van der Waals surface area contributed by atoms with Crippen LogP contribution in [0.25, 0.3) is 0 Å². The molecule has 0 aliphatic carbocycles. The second-order valence-electron chi connectivity index (χ2n) is 6.19. The van der Waals surface area contributed by atoms with Crippen LogP contribution in [0, 0.1) is 11.2 Å². The highest BCUT2D eigenvalue weighted by molar-refractivity contribution is 5.46. The molecule has 108 valence electrons. The summed E-state index contributed by atoms with van der Waals surface area (Å²) < 4.78 is 13.3. The SMILES string of the molecule is CCN(CC(C)(C)CNC(C)C)c1cccc(F)c1. The minimum Gasteiger partial charge on any atom is -0.371 e. The number of benzene rings is 1. The zero-order chi connectivity index (χ0) is 14.5. The van der Waals surface area contributed by atoms with Crippen LogP contribution in [0.15, 0.2) is 24.3 Å². The molecule has 19 heavy (non-hydrogen) atoms. The molecule has 0 aliphatic heterocycles. The molecule has 1 N–H and O–H groups in total. The van der Waals surface area contributed by atoms with Gasteiger partial charge in [0.15, 0.2) is 0 Å². The summed E-state index contributed by atoms with van der Waals surface area (Å²) in [5.74, 6) is -0.172. The molecule has 0 bridgehead atoms. The number of halogens is 1. The van der Waals surface area contributed by atoms with Crippen molar-refractivity contribution in [2.24, 2.45) is 5.41 Å². The zero-order valence-electron chi connectivity index (χ0n) is 12.8. The first-order valence-electron chi connectivity index (χ1n) is 7.08. The molecule has 0 saturated heterocycles. The minimum absolute atomic E-state index is 0.145. The van der Waals surface area contributed by atoms with Gasteiger partial charge in [-0.2, -0.15) is 0 Å². The van der Waals surface area contributed by atoms with Gasteiger partial charge in [0.2, 0.25) is 0 Å². The predicted molar refractivity (Wildman–Crippen MR) is 81.2 cm³/mol. The molecule has 1 aromatic rings. The molecular weight excluding hydrogens is 239 g/mol. The van der Waals surface area contributed by atoms with E-state index in [4.69, 9.17) is 0 Å². The molecular formula is C16H27FN2. The van der Waals surface area contributed by atoms with Crippen molar-refractivity contribution in [1.82, 2.24) is 5.32 Å². The van der Waals surface area contributed by atoms with Gasteiger partial charge in [0.1, 0.15) is 5.82 Å². The van der Waals surface area contributed by atoms with Crippen LogP contribution >= 0.6 is 0 Å². The molecule has 1 aromatic carbocycles. The summed E-state index contributed by atoms with van der Waals surface area (Å²) in [6.07, 6.45) is 0. The monoisotopic (exact) mass is 266 g/mol. The molecule has 3 heteroatoms. The molecule has 0 unspecified atom stereocenters. The predicted octanol–water partition coefficient (Wildman–Crippen LogP) is 3.68. The molecule has 2 nitrogen and oxygen atoms in total. The van der Waals surface area contributed by atoms with Crippen LogP contribution in [0.1, 0.15) is 34.6 Å². The first-order chi connectivity index (χ1) is 8.84. The minimum atomic E-state index is -0.172. The highest BCUT2D eigenvalue weighted by Gasteiger charge is 2.21. The Morgan fingerprint density at radius 1 is 1.32 bits per heavy atom. The maximum absolute atomic E-state index is 13.3. The van der Waals surface area contributed by atoms with E-state index in [2.05, 4.69) is 44.8 Å². The van der Waals surface area contributed by atoms with Gasteiger partial charge in [0.25, 0.3) is 0 Å². The van der Waals surface area contributed by atoms with E-state index < -0.39 is 0 Å². The number of rotatable bonds is 7. The largest absolute Gasteiger partial charge is 0.371 e. The summed E-state index contributed by atoms with van der Waals surface area (Å²) in [7, 11) is 0. The van der Waals surface area contributed by atoms with Gasteiger partial charge in [-0.3, -0.25) is 0 Å². The van der Waals surface area contributed by atoms with Gasteiger partial charge >= 0.3 is 0 Å². The van der Waals surface area contributed by atoms with Crippen molar-refractivity contribution in [3.05, 3.63) is 30.1 Å². The van der Waals surface area contributed by atoms with Crippen LogP contribution in [0.2, 0.25) is 0 Å². The lowest BCUT2D eigenvalue weighted by Gasteiger charge is -2.34. The highest BCUT2D eigenvalue weighted by atomic mass is 19.1. The van der Waals surface area contributed by atoms with E-state index in [0.717, 1.165) is 25.3 Å². The quantitative estimate of drug-likeness (QED) is 0.810. The number of anilines is 1. The van der Waals surface area contributed by atoms with Crippen LogP contribution < -0.4 is 10.2 Å². The van der Waals surface area contributed by atoms with Crippen molar-refractivity contribution < 1.29 is 4.39 Å². The van der Waals surface area contributed by atoms with E-state index in [9.17, 15) is 4.39 Å². The Hall–Kier alpha value is -1.09. The third-order valence-corrected chi connectivity index (χ3v) is 3.16. The number of hydrogen-bond donors (Lipinski definition) is 1. The van der Waals surface area contributed by atoms with Gasteiger partial charge in [-0.05, 0) is 30.5 Å². The van der Waals surface area contributed by atoms with Crippen molar-refractivity contribution in [3.63, 3.8) is 0 Å². The second kappa shape index (κ2) is 6.90. The Morgan fingerprint density at radius 2 is 2.00 bits per heavy atom. The molecule has 0 saturated carbocycles. The van der Waals surface area contributed by atoms with Crippen molar-refractivity contribution in [2.75, 3.05) is 24.5 Å². The maximum Gasteiger partial charge on any atom is 0.125 e. The van der Waals surface area contributed by atoms with Gasteiger partial charge in [0.05, 0.1) is 0 Å². The van der Waals surface area contributed by atoms with Gasteiger partial charge in [0, 0.05) is 31.4 Å². The second-order valence-corrected chi connectivity index (χ2v) is 6.19. The lowest BCUT2D eigenvalue weighted by atomic mass is 9.92. The van der Waals surface area contributed by atoms with Crippen molar-refractivity contribution in [3.8, 4) is 0 Å². The normalized spacial score (nSPS) is 11.9. The first kappa shape index (κ1) is 16.0. The zero-order valence-corrected chi connectivity index (χ0v) is 12.8. The molecule has 0 heterocycles. The van der Waals surface area contributed by atoms with Crippen LogP contribution in [-0.2, 0) is 0 Å². The van der Waals surface area contributed by atoms with E-state index in [0.29, 0.717) is 6.04 Å². The molecule has 0 amide bonds. The van der Waals surface area contributed by atoms with E-state index >= 15 is 0 Å². The van der Waals surface area contributed by atoms with Crippen molar-refractivity contribution in [2.45, 2.75) is 40.7 Å². The summed E-state index contributed by atoms with van der Waals surface area (Å²) in [5.41, 5.74) is 1.10. The summed E-state index contributed by atoms with van der Waals surface area (Å²) in [6, 6.07) is 7.33. The van der Waals surface area contributed by atoms with Crippen LogP contribution in [0.5, 0.6) is 0 Å². The summed E-state index contributed by atoms with van der Waals surface area (Å²) in [6.45, 7) is 13.6. The number of nitrogens with one attached hydrogen (secondary N) is 1. The molecule has 0 aliphatic rings. The van der Waals surface area contributed by atoms with E-state index in [1.807, 2.05) is 6.07 Å². The summed E-state index contributed by atoms with van der Waals surface area (Å²) in [5, 5.41) is 3.48. The lowest BCUT2D eigenvalue weighted by molar-refractivity contribution is 0.330. The first-order valence-corrected chi connectivity index (χ1v) is 7.08. The standard InChI is InChI=1S/C16H27FN2/c1-6-19(15-9-7-8-14(17)10-15)12-16(4,5)11-18-13(2)3/h7-10,13,18H,6,11-12H2,1-5H3. The molecule has 0 fully saturated rings. The average Bonchev–Trinajstić information content (AvgIpc) is 2.34. The van der Waals surface area contributed by atoms with Crippen molar-refractivity contribution >= 4 is 5.69 Å². The van der Waals surface area contributed by atoms with Gasteiger partial charge in [-0.15, -0.1) is 0 Å². The van der Waals surface area contributed by atoms with Gasteiger partial charge in [-0.1, -0.05) is 33.8 Å². The fourth-order valence-electron chi connectivity index (χ4n) is 2.11.